The number of aliphatic hydroxyl groups is 1. The molecule has 0 aliphatic rings. The van der Waals surface area contributed by atoms with E-state index < -0.39 is 6.10 Å². The number of hydrogen-bond donors (Lipinski definition) is 2. The van der Waals surface area contributed by atoms with Gasteiger partial charge in [0.1, 0.15) is 5.75 Å². The Morgan fingerprint density at radius 3 is 2.24 bits per heavy atom. The van der Waals surface area contributed by atoms with Gasteiger partial charge in [-0.2, -0.15) is 0 Å². The molecule has 0 fully saturated rings. The van der Waals surface area contributed by atoms with Crippen LogP contribution in [0.1, 0.15) is 24.2 Å². The molecule has 0 aliphatic heterocycles. The van der Waals surface area contributed by atoms with Crippen LogP contribution in [0.2, 0.25) is 0 Å². The summed E-state index contributed by atoms with van der Waals surface area (Å²) < 4.78 is 0. The average Bonchev–Trinajstić information content (AvgIpc) is 2.50. The monoisotopic (exact) mass is 285 g/mol. The molecule has 21 heavy (non-hydrogen) atoms. The van der Waals surface area contributed by atoms with E-state index in [-0.39, 0.29) is 0 Å². The molecule has 2 aromatic carbocycles. The summed E-state index contributed by atoms with van der Waals surface area (Å²) in [4.78, 5) is 2.16. The van der Waals surface area contributed by atoms with E-state index in [9.17, 15) is 10.2 Å². The van der Waals surface area contributed by atoms with E-state index in [1.54, 1.807) is 12.1 Å². The number of nitrogens with zero attached hydrogens (tertiary/aromatic N) is 1. The molecule has 0 spiro atoms. The van der Waals surface area contributed by atoms with Crippen molar-refractivity contribution in [3.05, 3.63) is 65.7 Å². The molecule has 0 bridgehead atoms. The molecular formula is C18H23NO2. The molecule has 2 atom stereocenters. The van der Waals surface area contributed by atoms with Crippen molar-refractivity contribution in [1.82, 2.24) is 4.90 Å². The van der Waals surface area contributed by atoms with Crippen LogP contribution < -0.4 is 0 Å². The summed E-state index contributed by atoms with van der Waals surface area (Å²) in [7, 11) is 2.03. The minimum atomic E-state index is -0.474. The largest absolute Gasteiger partial charge is 0.508 e. The van der Waals surface area contributed by atoms with Gasteiger partial charge in [-0.3, -0.25) is 0 Å². The maximum atomic E-state index is 10.3. The summed E-state index contributed by atoms with van der Waals surface area (Å²) in [5, 5.41) is 19.6. The Labute approximate surface area is 126 Å². The lowest BCUT2D eigenvalue weighted by molar-refractivity contribution is 0.108. The van der Waals surface area contributed by atoms with Crippen LogP contribution >= 0.6 is 0 Å². The maximum Gasteiger partial charge on any atom is 0.115 e. The van der Waals surface area contributed by atoms with Gasteiger partial charge >= 0.3 is 0 Å². The molecule has 0 aliphatic carbocycles. The van der Waals surface area contributed by atoms with Crippen LogP contribution in [0.25, 0.3) is 0 Å². The van der Waals surface area contributed by atoms with E-state index in [0.29, 0.717) is 18.3 Å². The first-order chi connectivity index (χ1) is 10.1. The Balaban J connectivity index is 1.90. The standard InChI is InChI=1S/C18H23NO2/c1-14(12-15-8-10-17(20)11-9-15)19(2)13-18(21)16-6-4-3-5-7-16/h3-11,14,18,20-21H,12-13H2,1-2H3/t14-,18-/m1/s1. The van der Waals surface area contributed by atoms with E-state index in [1.807, 2.05) is 49.5 Å². The zero-order valence-corrected chi connectivity index (χ0v) is 12.6. The molecule has 3 heteroatoms. The van der Waals surface area contributed by atoms with Crippen LogP contribution in [0.5, 0.6) is 5.75 Å². The van der Waals surface area contributed by atoms with Gasteiger partial charge in [-0.25, -0.2) is 0 Å². The van der Waals surface area contributed by atoms with Gasteiger partial charge in [-0.05, 0) is 43.7 Å². The zero-order valence-electron chi connectivity index (χ0n) is 12.6. The summed E-state index contributed by atoms with van der Waals surface area (Å²) >= 11 is 0. The summed E-state index contributed by atoms with van der Waals surface area (Å²) in [6.07, 6.45) is 0.414. The third-order valence-electron chi connectivity index (χ3n) is 3.87. The number of benzene rings is 2. The SMILES string of the molecule is C[C@H](Cc1ccc(O)cc1)N(C)C[C@@H](O)c1ccccc1. The summed E-state index contributed by atoms with van der Waals surface area (Å²) in [5.74, 6) is 0.291. The third kappa shape index (κ3) is 4.59. The van der Waals surface area contributed by atoms with Crippen molar-refractivity contribution in [2.75, 3.05) is 13.6 Å². The summed E-state index contributed by atoms with van der Waals surface area (Å²) in [6, 6.07) is 17.3. The second-order valence-corrected chi connectivity index (χ2v) is 5.59. The molecular weight excluding hydrogens is 262 g/mol. The highest BCUT2D eigenvalue weighted by atomic mass is 16.3. The summed E-state index contributed by atoms with van der Waals surface area (Å²) in [5.41, 5.74) is 2.13. The fraction of sp³-hybridized carbons (Fsp3) is 0.333. The van der Waals surface area contributed by atoms with Gasteiger partial charge < -0.3 is 15.1 Å². The molecule has 0 saturated heterocycles. The van der Waals surface area contributed by atoms with Crippen molar-refractivity contribution in [3.8, 4) is 5.75 Å². The van der Waals surface area contributed by atoms with Gasteiger partial charge in [0.25, 0.3) is 0 Å². The highest BCUT2D eigenvalue weighted by Gasteiger charge is 2.15. The van der Waals surface area contributed by atoms with Crippen molar-refractivity contribution in [2.45, 2.75) is 25.5 Å². The Bertz CT molecular complexity index is 539. The lowest BCUT2D eigenvalue weighted by atomic mass is 10.0. The van der Waals surface area contributed by atoms with Crippen LogP contribution in [0.4, 0.5) is 0 Å². The molecule has 0 heterocycles. The van der Waals surface area contributed by atoms with E-state index in [2.05, 4.69) is 11.8 Å². The van der Waals surface area contributed by atoms with Gasteiger partial charge in [0.05, 0.1) is 6.10 Å². The predicted octanol–water partition coefficient (Wildman–Crippen LogP) is 2.99. The lowest BCUT2D eigenvalue weighted by Gasteiger charge is -2.27. The molecule has 3 nitrogen and oxygen atoms in total. The molecule has 0 unspecified atom stereocenters. The first-order valence-corrected chi connectivity index (χ1v) is 7.27. The third-order valence-corrected chi connectivity index (χ3v) is 3.87. The van der Waals surface area contributed by atoms with Crippen molar-refractivity contribution in [3.63, 3.8) is 0 Å². The van der Waals surface area contributed by atoms with Gasteiger partial charge in [0.2, 0.25) is 0 Å². The number of aliphatic hydroxyl groups excluding tert-OH is 1. The normalized spacial score (nSPS) is 14.1. The van der Waals surface area contributed by atoms with Crippen molar-refractivity contribution >= 4 is 0 Å². The number of rotatable bonds is 6. The minimum absolute atomic E-state index is 0.291. The van der Waals surface area contributed by atoms with Gasteiger partial charge in [0, 0.05) is 12.6 Å². The van der Waals surface area contributed by atoms with E-state index in [4.69, 9.17) is 0 Å². The second kappa shape index (κ2) is 7.25. The van der Waals surface area contributed by atoms with Crippen molar-refractivity contribution in [2.24, 2.45) is 0 Å². The molecule has 0 saturated carbocycles. The molecule has 2 rings (SSSR count). The van der Waals surface area contributed by atoms with Crippen molar-refractivity contribution in [1.29, 1.82) is 0 Å². The quantitative estimate of drug-likeness (QED) is 0.857. The van der Waals surface area contributed by atoms with E-state index in [1.165, 1.54) is 5.56 Å². The molecule has 0 amide bonds. The predicted molar refractivity (Wildman–Crippen MR) is 85.3 cm³/mol. The summed E-state index contributed by atoms with van der Waals surface area (Å²) in [6.45, 7) is 2.74. The number of phenols is 1. The molecule has 2 N–H and O–H groups in total. The fourth-order valence-corrected chi connectivity index (χ4v) is 2.36. The van der Waals surface area contributed by atoms with Crippen LogP contribution in [-0.2, 0) is 6.42 Å². The molecule has 0 radical (unpaired) electrons. The second-order valence-electron chi connectivity index (χ2n) is 5.59. The van der Waals surface area contributed by atoms with Crippen LogP contribution in [0.3, 0.4) is 0 Å². The minimum Gasteiger partial charge on any atom is -0.508 e. The number of likely N-dealkylation sites (N-methyl/N-ethyl adjacent to an activating group) is 1. The van der Waals surface area contributed by atoms with E-state index >= 15 is 0 Å². The smallest absolute Gasteiger partial charge is 0.115 e. The topological polar surface area (TPSA) is 43.7 Å². The van der Waals surface area contributed by atoms with Crippen molar-refractivity contribution < 1.29 is 10.2 Å². The average molecular weight is 285 g/mol. The van der Waals surface area contributed by atoms with Crippen LogP contribution in [0.15, 0.2) is 54.6 Å². The number of aromatic hydroxyl groups is 1. The fourth-order valence-electron chi connectivity index (χ4n) is 2.36. The Kier molecular flexibility index (Phi) is 5.37. The maximum absolute atomic E-state index is 10.3. The molecule has 112 valence electrons. The first kappa shape index (κ1) is 15.5. The van der Waals surface area contributed by atoms with Crippen LogP contribution in [0, 0.1) is 0 Å². The molecule has 2 aromatic rings. The van der Waals surface area contributed by atoms with E-state index in [0.717, 1.165) is 12.0 Å². The zero-order chi connectivity index (χ0) is 15.2. The Hall–Kier alpha value is -1.84. The highest BCUT2D eigenvalue weighted by Crippen LogP contribution is 2.17. The molecule has 0 aromatic heterocycles. The Morgan fingerprint density at radius 1 is 1.00 bits per heavy atom. The Morgan fingerprint density at radius 2 is 1.62 bits per heavy atom. The number of hydrogen-bond acceptors (Lipinski definition) is 3. The van der Waals surface area contributed by atoms with Gasteiger partial charge in [-0.15, -0.1) is 0 Å². The lowest BCUT2D eigenvalue weighted by Crippen LogP contribution is -2.34. The van der Waals surface area contributed by atoms with Crippen LogP contribution in [-0.4, -0.2) is 34.7 Å². The number of phenolic OH excluding ortho intramolecular Hbond substituents is 1. The van der Waals surface area contributed by atoms with Gasteiger partial charge in [-0.1, -0.05) is 42.5 Å². The van der Waals surface area contributed by atoms with Gasteiger partial charge in [0.15, 0.2) is 0 Å². The first-order valence-electron chi connectivity index (χ1n) is 7.27. The highest BCUT2D eigenvalue weighted by molar-refractivity contribution is 5.26.